The molecule has 0 aliphatic carbocycles. The van der Waals surface area contributed by atoms with Gasteiger partial charge in [0.05, 0.1) is 12.3 Å². The first-order valence-corrected chi connectivity index (χ1v) is 6.68. The first-order valence-electron chi connectivity index (χ1n) is 4.84. The van der Waals surface area contributed by atoms with Crippen molar-refractivity contribution in [2.24, 2.45) is 0 Å². The van der Waals surface area contributed by atoms with Gasteiger partial charge in [-0.1, -0.05) is 0 Å². The first-order chi connectivity index (χ1) is 7.87. The SMILES string of the molecule is C[C@H]1NC[C@@H]1N(C)S(C)(=O)=O.O=C(O)C(F)(F)F. The first kappa shape index (κ1) is 17.1. The van der Waals surface area contributed by atoms with Gasteiger partial charge in [0, 0.05) is 19.6 Å². The molecule has 0 spiro atoms. The highest BCUT2D eigenvalue weighted by molar-refractivity contribution is 7.88. The molecule has 1 aliphatic rings. The molecule has 1 heterocycles. The normalized spacial score (nSPS) is 23.9. The van der Waals surface area contributed by atoms with Crippen molar-refractivity contribution in [1.29, 1.82) is 0 Å². The summed E-state index contributed by atoms with van der Waals surface area (Å²) < 4.78 is 55.2. The maximum atomic E-state index is 11.0. The van der Waals surface area contributed by atoms with E-state index in [-0.39, 0.29) is 12.1 Å². The number of nitrogens with zero attached hydrogens (tertiary/aromatic N) is 1. The Kier molecular flexibility index (Phi) is 5.56. The van der Waals surface area contributed by atoms with Gasteiger partial charge in [-0.3, -0.25) is 0 Å². The topological polar surface area (TPSA) is 86.7 Å². The second-order valence-electron chi connectivity index (χ2n) is 3.85. The van der Waals surface area contributed by atoms with Gasteiger partial charge in [-0.05, 0) is 6.92 Å². The number of alkyl halides is 3. The summed E-state index contributed by atoms with van der Waals surface area (Å²) in [6.45, 7) is 2.75. The molecule has 0 radical (unpaired) electrons. The van der Waals surface area contributed by atoms with Crippen molar-refractivity contribution in [3.05, 3.63) is 0 Å². The maximum Gasteiger partial charge on any atom is 0.490 e. The van der Waals surface area contributed by atoms with Crippen LogP contribution in [0.1, 0.15) is 6.92 Å². The lowest BCUT2D eigenvalue weighted by Crippen LogP contribution is -2.63. The number of likely N-dealkylation sites (N-methyl/N-ethyl adjacent to an activating group) is 1. The van der Waals surface area contributed by atoms with Gasteiger partial charge in [0.2, 0.25) is 10.0 Å². The lowest BCUT2D eigenvalue weighted by molar-refractivity contribution is -0.192. The van der Waals surface area contributed by atoms with Crippen LogP contribution in [0.5, 0.6) is 0 Å². The zero-order chi connectivity index (χ0) is 14.7. The van der Waals surface area contributed by atoms with E-state index in [1.165, 1.54) is 10.6 Å². The summed E-state index contributed by atoms with van der Waals surface area (Å²) in [7, 11) is -1.38. The minimum atomic E-state index is -5.08. The van der Waals surface area contributed by atoms with E-state index in [1.807, 2.05) is 6.92 Å². The zero-order valence-electron chi connectivity index (χ0n) is 10.0. The molecule has 0 aromatic rings. The molecular formula is C8H15F3N2O4S. The molecule has 1 aliphatic heterocycles. The van der Waals surface area contributed by atoms with Crippen LogP contribution in [0.25, 0.3) is 0 Å². The highest BCUT2D eigenvalue weighted by Gasteiger charge is 2.38. The van der Waals surface area contributed by atoms with Gasteiger partial charge in [-0.25, -0.2) is 13.2 Å². The predicted molar refractivity (Wildman–Crippen MR) is 57.6 cm³/mol. The van der Waals surface area contributed by atoms with Crippen LogP contribution in [0, 0.1) is 0 Å². The Morgan fingerprint density at radius 3 is 1.89 bits per heavy atom. The summed E-state index contributed by atoms with van der Waals surface area (Å²) in [5.74, 6) is -2.76. The predicted octanol–water partition coefficient (Wildman–Crippen LogP) is -0.129. The van der Waals surface area contributed by atoms with Crippen LogP contribution in [0.3, 0.4) is 0 Å². The number of rotatable bonds is 2. The van der Waals surface area contributed by atoms with Crippen molar-refractivity contribution in [3.8, 4) is 0 Å². The van der Waals surface area contributed by atoms with Gasteiger partial charge in [0.1, 0.15) is 0 Å². The van der Waals surface area contributed by atoms with Gasteiger partial charge >= 0.3 is 12.1 Å². The van der Waals surface area contributed by atoms with Gasteiger partial charge in [0.15, 0.2) is 0 Å². The quantitative estimate of drug-likeness (QED) is 0.740. The number of carboxylic acids is 1. The van der Waals surface area contributed by atoms with Crippen molar-refractivity contribution in [3.63, 3.8) is 0 Å². The molecule has 108 valence electrons. The maximum absolute atomic E-state index is 11.0. The summed E-state index contributed by atoms with van der Waals surface area (Å²) in [6.07, 6.45) is -3.85. The molecule has 10 heteroatoms. The van der Waals surface area contributed by atoms with Gasteiger partial charge < -0.3 is 10.4 Å². The molecule has 2 atom stereocenters. The summed E-state index contributed by atoms with van der Waals surface area (Å²) in [6, 6.07) is 0.430. The van der Waals surface area contributed by atoms with E-state index >= 15 is 0 Å². The minimum absolute atomic E-state index is 0.144. The molecule has 1 fully saturated rings. The minimum Gasteiger partial charge on any atom is -0.475 e. The van der Waals surface area contributed by atoms with E-state index < -0.39 is 22.2 Å². The molecule has 0 aromatic heterocycles. The molecule has 0 bridgehead atoms. The summed E-state index contributed by atoms with van der Waals surface area (Å²) in [4.78, 5) is 8.90. The van der Waals surface area contributed by atoms with Gasteiger partial charge in [-0.2, -0.15) is 17.5 Å². The molecule has 0 unspecified atom stereocenters. The lowest BCUT2D eigenvalue weighted by atomic mass is 10.0. The number of sulfonamides is 1. The third-order valence-electron chi connectivity index (χ3n) is 2.46. The fraction of sp³-hybridized carbons (Fsp3) is 0.875. The average molecular weight is 292 g/mol. The Morgan fingerprint density at radius 1 is 1.44 bits per heavy atom. The summed E-state index contributed by atoms with van der Waals surface area (Å²) in [5.41, 5.74) is 0. The van der Waals surface area contributed by atoms with Crippen LogP contribution < -0.4 is 5.32 Å². The Balaban J connectivity index is 0.000000360. The Morgan fingerprint density at radius 2 is 1.83 bits per heavy atom. The molecule has 6 nitrogen and oxygen atoms in total. The summed E-state index contributed by atoms with van der Waals surface area (Å²) in [5, 5.41) is 10.2. The Bertz CT molecular complexity index is 396. The summed E-state index contributed by atoms with van der Waals surface area (Å²) >= 11 is 0. The van der Waals surface area contributed by atoms with Crippen molar-refractivity contribution in [2.75, 3.05) is 19.8 Å². The second-order valence-corrected chi connectivity index (χ2v) is 5.89. The van der Waals surface area contributed by atoms with Crippen LogP contribution in [0.4, 0.5) is 13.2 Å². The number of halogens is 3. The monoisotopic (exact) mass is 292 g/mol. The third kappa shape index (κ3) is 5.19. The molecule has 1 rings (SSSR count). The molecule has 0 saturated carbocycles. The van der Waals surface area contributed by atoms with Gasteiger partial charge in [0.25, 0.3) is 0 Å². The molecule has 18 heavy (non-hydrogen) atoms. The highest BCUT2D eigenvalue weighted by atomic mass is 32.2. The van der Waals surface area contributed by atoms with E-state index in [2.05, 4.69) is 5.32 Å². The number of carbonyl (C=O) groups is 1. The number of carboxylic acid groups (broad SMARTS) is 1. The lowest BCUT2D eigenvalue weighted by Gasteiger charge is -2.40. The highest BCUT2D eigenvalue weighted by Crippen LogP contribution is 2.13. The standard InChI is InChI=1S/C6H14N2O2S.C2HF3O2/c1-5-6(4-7-5)8(2)11(3,9)10;3-2(4,5)1(6)7/h5-7H,4H2,1-3H3;(H,6,7)/t5-,6+;/m1./s1. The Labute approximate surface area is 103 Å². The number of aliphatic carboxylic acids is 1. The van der Waals surface area contributed by atoms with Crippen molar-refractivity contribution in [2.45, 2.75) is 25.2 Å². The second kappa shape index (κ2) is 5.85. The fourth-order valence-corrected chi connectivity index (χ4v) is 1.90. The van der Waals surface area contributed by atoms with Crippen molar-refractivity contribution < 1.29 is 31.5 Å². The average Bonchev–Trinajstić information content (AvgIpc) is 2.13. The van der Waals surface area contributed by atoms with Crippen molar-refractivity contribution in [1.82, 2.24) is 9.62 Å². The van der Waals surface area contributed by atoms with E-state index in [1.54, 1.807) is 7.05 Å². The van der Waals surface area contributed by atoms with E-state index in [9.17, 15) is 21.6 Å². The van der Waals surface area contributed by atoms with Crippen LogP contribution in [0.2, 0.25) is 0 Å². The van der Waals surface area contributed by atoms with Crippen LogP contribution >= 0.6 is 0 Å². The largest absolute Gasteiger partial charge is 0.490 e. The fourth-order valence-electron chi connectivity index (χ4n) is 1.15. The van der Waals surface area contributed by atoms with Crippen LogP contribution in [-0.4, -0.2) is 61.9 Å². The smallest absolute Gasteiger partial charge is 0.475 e. The van der Waals surface area contributed by atoms with E-state index in [0.717, 1.165) is 6.54 Å². The number of hydrogen-bond acceptors (Lipinski definition) is 4. The Hall–Kier alpha value is -0.870. The number of hydrogen-bond donors (Lipinski definition) is 2. The molecule has 0 amide bonds. The molecule has 0 aromatic carbocycles. The van der Waals surface area contributed by atoms with Crippen LogP contribution in [0.15, 0.2) is 0 Å². The van der Waals surface area contributed by atoms with Crippen molar-refractivity contribution >= 4 is 16.0 Å². The third-order valence-corrected chi connectivity index (χ3v) is 3.78. The van der Waals surface area contributed by atoms with Crippen LogP contribution in [-0.2, 0) is 14.8 Å². The molecular weight excluding hydrogens is 277 g/mol. The zero-order valence-corrected chi connectivity index (χ0v) is 10.8. The number of nitrogens with one attached hydrogen (secondary N) is 1. The molecule has 2 N–H and O–H groups in total. The molecule has 1 saturated heterocycles. The van der Waals surface area contributed by atoms with E-state index in [0.29, 0.717) is 0 Å². The van der Waals surface area contributed by atoms with Gasteiger partial charge in [-0.15, -0.1) is 0 Å². The van der Waals surface area contributed by atoms with E-state index in [4.69, 9.17) is 9.90 Å².